The van der Waals surface area contributed by atoms with Gasteiger partial charge in [0.1, 0.15) is 6.61 Å². The highest BCUT2D eigenvalue weighted by atomic mass is 16.6. The number of aliphatic carboxylic acids is 1. The van der Waals surface area contributed by atoms with Gasteiger partial charge in [0.25, 0.3) is 0 Å². The van der Waals surface area contributed by atoms with Gasteiger partial charge < -0.3 is 20.1 Å². The first-order valence-electron chi connectivity index (χ1n) is 9.09. The molecule has 2 aliphatic rings. The van der Waals surface area contributed by atoms with Crippen molar-refractivity contribution in [2.45, 2.75) is 63.3 Å². The molecule has 0 radical (unpaired) electrons. The smallest absolute Gasteiger partial charge is 0.410 e. The summed E-state index contributed by atoms with van der Waals surface area (Å²) in [6, 6.07) is 9.94. The second kappa shape index (κ2) is 8.34. The molecule has 1 amide bonds. The summed E-state index contributed by atoms with van der Waals surface area (Å²) in [6.07, 6.45) is 5.64. The Morgan fingerprint density at radius 1 is 1.12 bits per heavy atom. The van der Waals surface area contributed by atoms with E-state index in [0.717, 1.165) is 44.1 Å². The van der Waals surface area contributed by atoms with Crippen molar-refractivity contribution in [3.63, 3.8) is 0 Å². The van der Waals surface area contributed by atoms with E-state index >= 15 is 0 Å². The van der Waals surface area contributed by atoms with Crippen LogP contribution in [-0.2, 0) is 16.1 Å². The summed E-state index contributed by atoms with van der Waals surface area (Å²) in [4.78, 5) is 25.5. The van der Waals surface area contributed by atoms with E-state index in [2.05, 4.69) is 5.32 Å². The highest BCUT2D eigenvalue weighted by molar-refractivity contribution is 5.70. The minimum absolute atomic E-state index is 0.0175. The summed E-state index contributed by atoms with van der Waals surface area (Å²) >= 11 is 0. The van der Waals surface area contributed by atoms with Crippen LogP contribution >= 0.6 is 0 Å². The minimum atomic E-state index is -0.867. The Morgan fingerprint density at radius 2 is 1.84 bits per heavy atom. The number of nitrogens with zero attached hydrogens (tertiary/aromatic N) is 1. The zero-order valence-corrected chi connectivity index (χ0v) is 14.4. The molecule has 6 heteroatoms. The van der Waals surface area contributed by atoms with Crippen LogP contribution < -0.4 is 5.32 Å². The Balaban J connectivity index is 1.64. The molecule has 0 saturated heterocycles. The first-order valence-corrected chi connectivity index (χ1v) is 9.09. The van der Waals surface area contributed by atoms with Crippen LogP contribution in [0.4, 0.5) is 4.79 Å². The van der Waals surface area contributed by atoms with Gasteiger partial charge in [0.2, 0.25) is 0 Å². The standard InChI is InChI=1S/C19H26N2O4/c22-18(23)12-20-16-8-4-5-9-17(16)21(15-10-11-15)19(24)25-13-14-6-2-1-3-7-14/h1-3,6-7,15-17,20H,4-5,8-13H2,(H,22,23)/t16-,17+/m0/s1. The van der Waals surface area contributed by atoms with Gasteiger partial charge in [-0.2, -0.15) is 0 Å². The monoisotopic (exact) mass is 346 g/mol. The summed E-state index contributed by atoms with van der Waals surface area (Å²) in [5, 5.41) is 12.1. The van der Waals surface area contributed by atoms with Crippen molar-refractivity contribution in [2.24, 2.45) is 0 Å². The molecule has 2 saturated carbocycles. The van der Waals surface area contributed by atoms with Crippen LogP contribution in [0.1, 0.15) is 44.1 Å². The molecule has 6 nitrogen and oxygen atoms in total. The molecule has 2 atom stereocenters. The van der Waals surface area contributed by atoms with Gasteiger partial charge in [-0.25, -0.2) is 4.79 Å². The summed E-state index contributed by atoms with van der Waals surface area (Å²) in [7, 11) is 0. The third kappa shape index (κ3) is 4.95. The maximum atomic E-state index is 12.7. The number of nitrogens with one attached hydrogen (secondary N) is 1. The van der Waals surface area contributed by atoms with Crippen LogP contribution in [0, 0.1) is 0 Å². The molecule has 0 spiro atoms. The van der Waals surface area contributed by atoms with Crippen LogP contribution in [0.2, 0.25) is 0 Å². The maximum Gasteiger partial charge on any atom is 0.410 e. The van der Waals surface area contributed by atoms with Crippen molar-refractivity contribution in [2.75, 3.05) is 6.54 Å². The van der Waals surface area contributed by atoms with E-state index in [1.807, 2.05) is 35.2 Å². The van der Waals surface area contributed by atoms with Crippen LogP contribution in [-0.4, -0.2) is 46.7 Å². The summed E-state index contributed by atoms with van der Waals surface area (Å²) in [5.41, 5.74) is 0.968. The van der Waals surface area contributed by atoms with Crippen molar-refractivity contribution in [3.8, 4) is 0 Å². The predicted octanol–water partition coefficient (Wildman–Crippen LogP) is 2.77. The Labute approximate surface area is 148 Å². The average molecular weight is 346 g/mol. The van der Waals surface area contributed by atoms with Gasteiger partial charge in [0.15, 0.2) is 0 Å². The predicted molar refractivity (Wildman–Crippen MR) is 93.2 cm³/mol. The van der Waals surface area contributed by atoms with E-state index in [4.69, 9.17) is 9.84 Å². The molecule has 1 aromatic rings. The van der Waals surface area contributed by atoms with Crippen molar-refractivity contribution < 1.29 is 19.4 Å². The first kappa shape index (κ1) is 17.7. The van der Waals surface area contributed by atoms with Crippen LogP contribution in [0.15, 0.2) is 30.3 Å². The Bertz CT molecular complexity index is 588. The molecule has 0 aliphatic heterocycles. The largest absolute Gasteiger partial charge is 0.480 e. The highest BCUT2D eigenvalue weighted by Gasteiger charge is 2.42. The Morgan fingerprint density at radius 3 is 2.52 bits per heavy atom. The molecule has 2 fully saturated rings. The van der Waals surface area contributed by atoms with Gasteiger partial charge in [-0.05, 0) is 31.2 Å². The van der Waals surface area contributed by atoms with Crippen LogP contribution in [0.5, 0.6) is 0 Å². The van der Waals surface area contributed by atoms with Gasteiger partial charge >= 0.3 is 12.1 Å². The number of hydrogen-bond acceptors (Lipinski definition) is 4. The van der Waals surface area contributed by atoms with Crippen molar-refractivity contribution in [1.29, 1.82) is 0 Å². The van der Waals surface area contributed by atoms with Crippen molar-refractivity contribution >= 4 is 12.1 Å². The number of carbonyl (C=O) groups is 2. The molecule has 0 heterocycles. The summed E-state index contributed by atoms with van der Waals surface area (Å²) < 4.78 is 5.56. The maximum absolute atomic E-state index is 12.7. The van der Waals surface area contributed by atoms with Crippen LogP contribution in [0.3, 0.4) is 0 Å². The Kier molecular flexibility index (Phi) is 5.91. The van der Waals surface area contributed by atoms with E-state index in [0.29, 0.717) is 0 Å². The number of ether oxygens (including phenoxy) is 1. The topological polar surface area (TPSA) is 78.9 Å². The summed E-state index contributed by atoms with van der Waals surface area (Å²) in [6.45, 7) is 0.196. The molecule has 2 aliphatic carbocycles. The number of rotatable bonds is 7. The number of benzene rings is 1. The van der Waals surface area contributed by atoms with Crippen LogP contribution in [0.25, 0.3) is 0 Å². The fourth-order valence-corrected chi connectivity index (χ4v) is 3.60. The second-order valence-electron chi connectivity index (χ2n) is 6.91. The lowest BCUT2D eigenvalue weighted by atomic mass is 9.89. The molecule has 25 heavy (non-hydrogen) atoms. The lowest BCUT2D eigenvalue weighted by Gasteiger charge is -2.39. The highest BCUT2D eigenvalue weighted by Crippen LogP contribution is 2.34. The molecule has 2 N–H and O–H groups in total. The molecular formula is C19H26N2O4. The van der Waals surface area contributed by atoms with Gasteiger partial charge in [-0.15, -0.1) is 0 Å². The molecule has 1 aromatic carbocycles. The van der Waals surface area contributed by atoms with Crippen molar-refractivity contribution in [3.05, 3.63) is 35.9 Å². The van der Waals surface area contributed by atoms with Gasteiger partial charge in [-0.1, -0.05) is 43.2 Å². The number of carboxylic acids is 1. The summed E-state index contributed by atoms with van der Waals surface area (Å²) in [5.74, 6) is -0.867. The first-order chi connectivity index (χ1) is 12.1. The fourth-order valence-electron chi connectivity index (χ4n) is 3.60. The molecule has 0 unspecified atom stereocenters. The zero-order valence-electron chi connectivity index (χ0n) is 14.4. The number of carboxylic acid groups (broad SMARTS) is 1. The fraction of sp³-hybridized carbons (Fsp3) is 0.579. The van der Waals surface area contributed by atoms with Gasteiger partial charge in [-0.3, -0.25) is 4.79 Å². The lowest BCUT2D eigenvalue weighted by molar-refractivity contribution is -0.136. The molecule has 0 bridgehead atoms. The van der Waals surface area contributed by atoms with E-state index < -0.39 is 5.97 Å². The number of carbonyl (C=O) groups excluding carboxylic acids is 1. The van der Waals surface area contributed by atoms with E-state index in [1.165, 1.54) is 0 Å². The normalized spacial score (nSPS) is 23.0. The third-order valence-corrected chi connectivity index (χ3v) is 4.96. The molecule has 0 aromatic heterocycles. The molecular weight excluding hydrogens is 320 g/mol. The molecule has 136 valence electrons. The van der Waals surface area contributed by atoms with Crippen molar-refractivity contribution in [1.82, 2.24) is 10.2 Å². The second-order valence-corrected chi connectivity index (χ2v) is 6.91. The number of amides is 1. The van der Waals surface area contributed by atoms with E-state index in [9.17, 15) is 9.59 Å². The zero-order chi connectivity index (χ0) is 17.6. The quantitative estimate of drug-likeness (QED) is 0.794. The lowest BCUT2D eigenvalue weighted by Crippen LogP contribution is -2.55. The van der Waals surface area contributed by atoms with E-state index in [1.54, 1.807) is 0 Å². The number of hydrogen-bond donors (Lipinski definition) is 2. The average Bonchev–Trinajstić information content (AvgIpc) is 3.45. The third-order valence-electron chi connectivity index (χ3n) is 4.96. The van der Waals surface area contributed by atoms with Gasteiger partial charge in [0.05, 0.1) is 12.6 Å². The minimum Gasteiger partial charge on any atom is -0.480 e. The molecule has 3 rings (SSSR count). The van der Waals surface area contributed by atoms with Gasteiger partial charge in [0, 0.05) is 12.1 Å². The Hall–Kier alpha value is -2.08. The van der Waals surface area contributed by atoms with E-state index in [-0.39, 0.29) is 37.4 Å². The SMILES string of the molecule is O=C(O)CN[C@H]1CCCC[C@H]1N(C(=O)OCc1ccccc1)C1CC1.